The van der Waals surface area contributed by atoms with Crippen molar-refractivity contribution in [1.29, 1.82) is 0 Å². The normalized spacial score (nSPS) is 18.5. The average Bonchev–Trinajstić information content (AvgIpc) is 3.23. The molecule has 1 heterocycles. The predicted octanol–water partition coefficient (Wildman–Crippen LogP) is 3.82. The predicted molar refractivity (Wildman–Crippen MR) is 109 cm³/mol. The quantitative estimate of drug-likeness (QED) is 0.880. The van der Waals surface area contributed by atoms with Gasteiger partial charge in [0.15, 0.2) is 0 Å². The molecule has 2 aliphatic rings. The summed E-state index contributed by atoms with van der Waals surface area (Å²) in [5.41, 5.74) is 4.05. The number of methoxy groups -OCH3 is 1. The van der Waals surface area contributed by atoms with Crippen LogP contribution >= 0.6 is 0 Å². The van der Waals surface area contributed by atoms with Crippen molar-refractivity contribution in [1.82, 2.24) is 4.90 Å². The van der Waals surface area contributed by atoms with Gasteiger partial charge in [-0.2, -0.15) is 0 Å². The second kappa shape index (κ2) is 8.05. The zero-order valence-electron chi connectivity index (χ0n) is 16.2. The van der Waals surface area contributed by atoms with Gasteiger partial charge in [0.25, 0.3) is 5.91 Å². The molecule has 5 heteroatoms. The van der Waals surface area contributed by atoms with Crippen molar-refractivity contribution in [2.75, 3.05) is 19.0 Å². The van der Waals surface area contributed by atoms with Crippen molar-refractivity contribution in [2.45, 2.75) is 44.6 Å². The minimum absolute atomic E-state index is 0.0410. The van der Waals surface area contributed by atoms with E-state index in [-0.39, 0.29) is 11.8 Å². The first kappa shape index (κ1) is 18.5. The average molecular weight is 378 g/mol. The van der Waals surface area contributed by atoms with Gasteiger partial charge in [0.05, 0.1) is 7.11 Å². The molecular formula is C23H26N2O3. The van der Waals surface area contributed by atoms with E-state index in [1.165, 1.54) is 24.0 Å². The van der Waals surface area contributed by atoms with Gasteiger partial charge in [0.2, 0.25) is 5.91 Å². The van der Waals surface area contributed by atoms with Crippen LogP contribution in [0.15, 0.2) is 42.5 Å². The Labute approximate surface area is 165 Å². The van der Waals surface area contributed by atoms with E-state index in [9.17, 15) is 9.59 Å². The number of benzene rings is 2. The first-order valence-corrected chi connectivity index (χ1v) is 10.0. The molecule has 1 atom stereocenters. The maximum Gasteiger partial charge on any atom is 0.254 e. The number of fused-ring (bicyclic) bond motifs is 1. The zero-order chi connectivity index (χ0) is 19.5. The van der Waals surface area contributed by atoms with Crippen LogP contribution in [0.25, 0.3) is 0 Å². The van der Waals surface area contributed by atoms with Crippen LogP contribution in [0, 0.1) is 0 Å². The summed E-state index contributed by atoms with van der Waals surface area (Å²) in [5, 5.41) is 2.93. The van der Waals surface area contributed by atoms with Crippen molar-refractivity contribution in [2.24, 2.45) is 0 Å². The Morgan fingerprint density at radius 1 is 1.00 bits per heavy atom. The van der Waals surface area contributed by atoms with E-state index >= 15 is 0 Å². The van der Waals surface area contributed by atoms with Crippen molar-refractivity contribution in [3.05, 3.63) is 59.2 Å². The number of anilines is 1. The zero-order valence-corrected chi connectivity index (χ0v) is 16.2. The molecule has 4 rings (SSSR count). The van der Waals surface area contributed by atoms with Crippen LogP contribution in [0.2, 0.25) is 0 Å². The summed E-state index contributed by atoms with van der Waals surface area (Å²) in [6.07, 6.45) is 6.08. The number of nitrogens with zero attached hydrogens (tertiary/aromatic N) is 1. The molecule has 0 radical (unpaired) electrons. The molecule has 146 valence electrons. The number of ether oxygens (including phenoxy) is 1. The molecule has 1 unspecified atom stereocenters. The van der Waals surface area contributed by atoms with Gasteiger partial charge in [-0.15, -0.1) is 0 Å². The lowest BCUT2D eigenvalue weighted by Crippen LogP contribution is -2.43. The van der Waals surface area contributed by atoms with Crippen molar-refractivity contribution < 1.29 is 14.3 Å². The van der Waals surface area contributed by atoms with Crippen molar-refractivity contribution in [3.8, 4) is 5.75 Å². The van der Waals surface area contributed by atoms with E-state index in [4.69, 9.17) is 4.74 Å². The molecule has 2 aromatic rings. The smallest absolute Gasteiger partial charge is 0.254 e. The fourth-order valence-electron chi connectivity index (χ4n) is 4.21. The highest BCUT2D eigenvalue weighted by Crippen LogP contribution is 2.26. The van der Waals surface area contributed by atoms with Gasteiger partial charge in [-0.25, -0.2) is 0 Å². The molecule has 1 fully saturated rings. The summed E-state index contributed by atoms with van der Waals surface area (Å²) >= 11 is 0. The van der Waals surface area contributed by atoms with Crippen LogP contribution in [0.1, 0.15) is 47.2 Å². The highest BCUT2D eigenvalue weighted by atomic mass is 16.5. The molecule has 0 aromatic heterocycles. The van der Waals surface area contributed by atoms with Crippen LogP contribution in [0.3, 0.4) is 0 Å². The van der Waals surface area contributed by atoms with Crippen LogP contribution in [-0.2, 0) is 17.6 Å². The van der Waals surface area contributed by atoms with E-state index in [0.717, 1.165) is 25.0 Å². The molecule has 2 aromatic carbocycles. The van der Waals surface area contributed by atoms with Crippen LogP contribution in [0.5, 0.6) is 5.75 Å². The van der Waals surface area contributed by atoms with Crippen molar-refractivity contribution >= 4 is 17.5 Å². The topological polar surface area (TPSA) is 58.6 Å². The number of amides is 2. The minimum Gasteiger partial charge on any atom is -0.497 e. The largest absolute Gasteiger partial charge is 0.497 e. The second-order valence-corrected chi connectivity index (χ2v) is 7.56. The number of nitrogens with one attached hydrogen (secondary N) is 1. The molecule has 1 aliphatic heterocycles. The second-order valence-electron chi connectivity index (χ2n) is 7.56. The summed E-state index contributed by atoms with van der Waals surface area (Å²) in [4.78, 5) is 27.7. The van der Waals surface area contributed by atoms with Gasteiger partial charge in [-0.05, 0) is 86.1 Å². The molecule has 1 N–H and O–H groups in total. The molecule has 1 saturated heterocycles. The lowest BCUT2D eigenvalue weighted by atomic mass is 9.90. The first-order valence-electron chi connectivity index (χ1n) is 10.0. The number of carbonyl (C=O) groups is 2. The van der Waals surface area contributed by atoms with Gasteiger partial charge in [-0.1, -0.05) is 6.07 Å². The summed E-state index contributed by atoms with van der Waals surface area (Å²) in [5.74, 6) is 0.567. The van der Waals surface area contributed by atoms with E-state index in [1.807, 2.05) is 12.1 Å². The van der Waals surface area contributed by atoms with E-state index in [2.05, 4.69) is 11.4 Å². The summed E-state index contributed by atoms with van der Waals surface area (Å²) in [7, 11) is 1.61. The third-order valence-electron chi connectivity index (χ3n) is 5.77. The Hall–Kier alpha value is -2.82. The van der Waals surface area contributed by atoms with E-state index < -0.39 is 6.04 Å². The molecular weight excluding hydrogens is 352 g/mol. The Kier molecular flexibility index (Phi) is 5.33. The van der Waals surface area contributed by atoms with Gasteiger partial charge < -0.3 is 15.0 Å². The molecule has 5 nitrogen and oxygen atoms in total. The molecule has 0 saturated carbocycles. The molecule has 1 aliphatic carbocycles. The maximum absolute atomic E-state index is 13.1. The van der Waals surface area contributed by atoms with Gasteiger partial charge >= 0.3 is 0 Å². The minimum atomic E-state index is -0.425. The SMILES string of the molecule is COc1ccc(NC(=O)C2CCCN2C(=O)c2ccc3c(c2)CCCC3)cc1. The molecule has 0 bridgehead atoms. The third-order valence-corrected chi connectivity index (χ3v) is 5.77. The third kappa shape index (κ3) is 3.75. The standard InChI is InChI=1S/C23H26N2O3/c1-28-20-12-10-19(11-13-20)24-22(26)21-7-4-14-25(21)23(27)18-9-8-16-5-2-3-6-17(16)15-18/h8-13,15,21H,2-7,14H2,1H3,(H,24,26). The van der Waals surface area contributed by atoms with Gasteiger partial charge in [-0.3, -0.25) is 9.59 Å². The van der Waals surface area contributed by atoms with Gasteiger partial charge in [0, 0.05) is 17.8 Å². The number of carbonyl (C=O) groups excluding carboxylic acids is 2. The number of rotatable bonds is 4. The highest BCUT2D eigenvalue weighted by molar-refractivity contribution is 6.01. The lowest BCUT2D eigenvalue weighted by molar-refractivity contribution is -0.119. The first-order chi connectivity index (χ1) is 13.7. The molecule has 28 heavy (non-hydrogen) atoms. The Morgan fingerprint density at radius 3 is 2.50 bits per heavy atom. The lowest BCUT2D eigenvalue weighted by Gasteiger charge is -2.25. The van der Waals surface area contributed by atoms with Crippen molar-refractivity contribution in [3.63, 3.8) is 0 Å². The van der Waals surface area contributed by atoms with Crippen LogP contribution in [-0.4, -0.2) is 36.4 Å². The fraction of sp³-hybridized carbons (Fsp3) is 0.391. The maximum atomic E-state index is 13.1. The van der Waals surface area contributed by atoms with E-state index in [0.29, 0.717) is 24.2 Å². The Balaban J connectivity index is 1.47. The van der Waals surface area contributed by atoms with E-state index in [1.54, 1.807) is 36.3 Å². The van der Waals surface area contributed by atoms with Crippen LogP contribution < -0.4 is 10.1 Å². The van der Waals surface area contributed by atoms with Gasteiger partial charge in [0.1, 0.15) is 11.8 Å². The highest BCUT2D eigenvalue weighted by Gasteiger charge is 2.34. The number of hydrogen-bond donors (Lipinski definition) is 1. The summed E-state index contributed by atoms with van der Waals surface area (Å²) in [6.45, 7) is 0.622. The molecule has 0 spiro atoms. The Morgan fingerprint density at radius 2 is 1.75 bits per heavy atom. The number of hydrogen-bond acceptors (Lipinski definition) is 3. The fourth-order valence-corrected chi connectivity index (χ4v) is 4.21. The molecule has 2 amide bonds. The van der Waals surface area contributed by atoms with Crippen LogP contribution in [0.4, 0.5) is 5.69 Å². The summed E-state index contributed by atoms with van der Waals surface area (Å²) in [6, 6.07) is 12.8. The summed E-state index contributed by atoms with van der Waals surface area (Å²) < 4.78 is 5.15. The number of likely N-dealkylation sites (tertiary alicyclic amines) is 1. The Bertz CT molecular complexity index is 876. The number of aryl methyl sites for hydroxylation is 2. The monoisotopic (exact) mass is 378 g/mol.